The molecule has 0 saturated carbocycles. The summed E-state index contributed by atoms with van der Waals surface area (Å²) >= 11 is 0. The molecule has 0 bridgehead atoms. The molecule has 1 aliphatic rings. The fourth-order valence-corrected chi connectivity index (χ4v) is 2.24. The van der Waals surface area contributed by atoms with Crippen LogP contribution in [0.1, 0.15) is 24.2 Å². The van der Waals surface area contributed by atoms with Gasteiger partial charge in [0, 0.05) is 12.1 Å². The van der Waals surface area contributed by atoms with Crippen molar-refractivity contribution >= 4 is 11.6 Å². The molecule has 1 amide bonds. The monoisotopic (exact) mass is 308 g/mol. The number of aromatic nitrogens is 2. The third-order valence-corrected chi connectivity index (χ3v) is 3.27. The van der Waals surface area contributed by atoms with Crippen LogP contribution in [0.2, 0.25) is 0 Å². The molecule has 8 heteroatoms. The van der Waals surface area contributed by atoms with Gasteiger partial charge in [0.05, 0.1) is 19.0 Å². The second-order valence-electron chi connectivity index (χ2n) is 5.13. The molecule has 1 saturated heterocycles. The number of hydrogen-bond donors (Lipinski definition) is 2. The van der Waals surface area contributed by atoms with E-state index in [1.165, 1.54) is 0 Å². The number of anilines is 1. The molecule has 3 rings (SSSR count). The molecule has 2 heterocycles. The summed E-state index contributed by atoms with van der Waals surface area (Å²) in [7, 11) is 0. The van der Waals surface area contributed by atoms with E-state index in [9.17, 15) is 13.6 Å². The molecule has 0 spiro atoms. The number of amides is 1. The van der Waals surface area contributed by atoms with Crippen LogP contribution in [0, 0.1) is 0 Å². The molecule has 0 radical (unpaired) electrons. The third kappa shape index (κ3) is 3.45. The summed E-state index contributed by atoms with van der Waals surface area (Å²) in [5.74, 6) is -2.83. The van der Waals surface area contributed by atoms with Crippen molar-refractivity contribution in [3.63, 3.8) is 0 Å². The number of nitrogens with one attached hydrogen (secondary N) is 2. The highest BCUT2D eigenvalue weighted by Gasteiger charge is 2.42. The van der Waals surface area contributed by atoms with Crippen LogP contribution in [0.3, 0.4) is 0 Å². The number of hydrogen-bond acceptors (Lipinski definition) is 5. The molecule has 0 aliphatic carbocycles. The lowest BCUT2D eigenvalue weighted by molar-refractivity contribution is -0.115. The summed E-state index contributed by atoms with van der Waals surface area (Å²) in [6, 6.07) is 8.27. The Morgan fingerprint density at radius 3 is 2.86 bits per heavy atom. The van der Waals surface area contributed by atoms with Crippen LogP contribution in [0.15, 0.2) is 34.9 Å². The van der Waals surface area contributed by atoms with Crippen molar-refractivity contribution < 1.29 is 18.1 Å². The Bertz CT molecular complexity index is 660. The number of benzene rings is 1. The fraction of sp³-hybridized carbons (Fsp3) is 0.357. The van der Waals surface area contributed by atoms with E-state index in [1.807, 2.05) is 6.07 Å². The summed E-state index contributed by atoms with van der Waals surface area (Å²) in [5, 5.41) is 8.97. The number of carbonyl (C=O) groups excluding carboxylic acids is 1. The van der Waals surface area contributed by atoms with Crippen LogP contribution >= 0.6 is 0 Å². The van der Waals surface area contributed by atoms with Gasteiger partial charge < -0.3 is 9.84 Å². The summed E-state index contributed by atoms with van der Waals surface area (Å²) in [4.78, 5) is 15.9. The average Bonchev–Trinajstić information content (AvgIpc) is 3.06. The van der Waals surface area contributed by atoms with Crippen LogP contribution in [0.25, 0.3) is 0 Å². The number of para-hydroxylation sites is 1. The number of rotatable bonds is 4. The van der Waals surface area contributed by atoms with E-state index >= 15 is 0 Å². The lowest BCUT2D eigenvalue weighted by Gasteiger charge is -2.04. The fourth-order valence-electron chi connectivity index (χ4n) is 2.24. The maximum Gasteiger partial charge on any atom is 0.262 e. The minimum absolute atomic E-state index is 0.0818. The van der Waals surface area contributed by atoms with Gasteiger partial charge in [-0.05, 0) is 12.1 Å². The first kappa shape index (κ1) is 14.6. The third-order valence-electron chi connectivity index (χ3n) is 3.27. The van der Waals surface area contributed by atoms with Crippen molar-refractivity contribution in [2.75, 3.05) is 11.9 Å². The number of nitrogens with zero attached hydrogens (tertiary/aromatic N) is 2. The zero-order valence-corrected chi connectivity index (χ0v) is 11.6. The standard InChI is InChI=1S/C14H14F2N4O2/c15-14(16)7-10(17-8-14)13-19-11(20-22-13)6-12(21)18-9-4-2-1-3-5-9/h1-5,10,17H,6-8H2,(H,18,21). The van der Waals surface area contributed by atoms with Gasteiger partial charge in [-0.15, -0.1) is 0 Å². The van der Waals surface area contributed by atoms with Crippen LogP contribution < -0.4 is 10.6 Å². The summed E-state index contributed by atoms with van der Waals surface area (Å²) in [6.45, 7) is -0.413. The van der Waals surface area contributed by atoms with Gasteiger partial charge in [0.1, 0.15) is 0 Å². The van der Waals surface area contributed by atoms with Crippen molar-refractivity contribution in [2.24, 2.45) is 0 Å². The van der Waals surface area contributed by atoms with Gasteiger partial charge >= 0.3 is 0 Å². The van der Waals surface area contributed by atoms with Crippen molar-refractivity contribution in [1.29, 1.82) is 0 Å². The molecule has 1 unspecified atom stereocenters. The minimum atomic E-state index is -2.77. The molecule has 1 aromatic carbocycles. The SMILES string of the molecule is O=C(Cc1noc(C2CC(F)(F)CN2)n1)Nc1ccccc1. The summed E-state index contributed by atoms with van der Waals surface area (Å²) < 4.78 is 31.2. The molecule has 1 fully saturated rings. The Kier molecular flexibility index (Phi) is 3.84. The smallest absolute Gasteiger partial charge is 0.262 e. The normalized spacial score (nSPS) is 20.0. The van der Waals surface area contributed by atoms with E-state index in [-0.39, 0.29) is 30.5 Å². The Morgan fingerprint density at radius 2 is 2.18 bits per heavy atom. The Labute approximate surface area is 124 Å². The van der Waals surface area contributed by atoms with Crippen LogP contribution in [0.5, 0.6) is 0 Å². The van der Waals surface area contributed by atoms with Crippen LogP contribution in [-0.4, -0.2) is 28.5 Å². The van der Waals surface area contributed by atoms with Gasteiger partial charge in [-0.1, -0.05) is 23.4 Å². The highest BCUT2D eigenvalue weighted by molar-refractivity contribution is 5.91. The Morgan fingerprint density at radius 1 is 1.41 bits per heavy atom. The van der Waals surface area contributed by atoms with Crippen molar-refractivity contribution in [2.45, 2.75) is 24.8 Å². The van der Waals surface area contributed by atoms with E-state index in [4.69, 9.17) is 4.52 Å². The first-order valence-electron chi connectivity index (χ1n) is 6.80. The Hall–Kier alpha value is -2.35. The molecule has 6 nitrogen and oxygen atoms in total. The molecule has 116 valence electrons. The van der Waals surface area contributed by atoms with E-state index in [0.29, 0.717) is 5.69 Å². The molecule has 22 heavy (non-hydrogen) atoms. The van der Waals surface area contributed by atoms with E-state index in [2.05, 4.69) is 20.8 Å². The number of alkyl halides is 2. The van der Waals surface area contributed by atoms with E-state index in [0.717, 1.165) is 0 Å². The summed E-state index contributed by atoms with van der Waals surface area (Å²) in [5.41, 5.74) is 0.660. The van der Waals surface area contributed by atoms with Crippen LogP contribution in [-0.2, 0) is 11.2 Å². The second-order valence-corrected chi connectivity index (χ2v) is 5.13. The zero-order chi connectivity index (χ0) is 15.6. The molecule has 2 N–H and O–H groups in total. The number of halogens is 2. The summed E-state index contributed by atoms with van der Waals surface area (Å²) in [6.07, 6.45) is -0.466. The molecule has 1 aromatic heterocycles. The first-order chi connectivity index (χ1) is 10.5. The molecule has 2 aromatic rings. The van der Waals surface area contributed by atoms with Crippen molar-refractivity contribution in [3.8, 4) is 0 Å². The Balaban J connectivity index is 1.59. The zero-order valence-electron chi connectivity index (χ0n) is 11.6. The van der Waals surface area contributed by atoms with Crippen LogP contribution in [0.4, 0.5) is 14.5 Å². The van der Waals surface area contributed by atoms with Gasteiger partial charge in [0.25, 0.3) is 5.92 Å². The van der Waals surface area contributed by atoms with Gasteiger partial charge in [0.15, 0.2) is 5.82 Å². The predicted molar refractivity (Wildman–Crippen MR) is 73.4 cm³/mol. The van der Waals surface area contributed by atoms with Crippen molar-refractivity contribution in [3.05, 3.63) is 42.0 Å². The van der Waals surface area contributed by atoms with Gasteiger partial charge in [-0.25, -0.2) is 8.78 Å². The highest BCUT2D eigenvalue weighted by Crippen LogP contribution is 2.33. The molecular weight excluding hydrogens is 294 g/mol. The number of carbonyl (C=O) groups is 1. The largest absolute Gasteiger partial charge is 0.338 e. The quantitative estimate of drug-likeness (QED) is 0.902. The maximum absolute atomic E-state index is 13.1. The van der Waals surface area contributed by atoms with Crippen molar-refractivity contribution in [1.82, 2.24) is 15.5 Å². The lowest BCUT2D eigenvalue weighted by atomic mass is 10.2. The predicted octanol–water partition coefficient (Wildman–Crippen LogP) is 1.92. The maximum atomic E-state index is 13.1. The first-order valence-corrected chi connectivity index (χ1v) is 6.80. The topological polar surface area (TPSA) is 80.1 Å². The van der Waals surface area contributed by atoms with Gasteiger partial charge in [-0.3, -0.25) is 10.1 Å². The van der Waals surface area contributed by atoms with E-state index < -0.39 is 18.5 Å². The van der Waals surface area contributed by atoms with E-state index in [1.54, 1.807) is 24.3 Å². The van der Waals surface area contributed by atoms with Gasteiger partial charge in [-0.2, -0.15) is 4.98 Å². The molecule has 1 aliphatic heterocycles. The highest BCUT2D eigenvalue weighted by atomic mass is 19.3. The average molecular weight is 308 g/mol. The second kappa shape index (κ2) is 5.80. The lowest BCUT2D eigenvalue weighted by Crippen LogP contribution is -2.19. The molecular formula is C14H14F2N4O2. The minimum Gasteiger partial charge on any atom is -0.338 e. The van der Waals surface area contributed by atoms with Gasteiger partial charge in [0.2, 0.25) is 11.8 Å². The molecule has 1 atom stereocenters.